The Morgan fingerprint density at radius 1 is 0.909 bits per heavy atom. The van der Waals surface area contributed by atoms with Gasteiger partial charge in [-0.25, -0.2) is 4.57 Å². The fraction of sp³-hybridized carbons (Fsp3) is 0.353. The van der Waals surface area contributed by atoms with Gasteiger partial charge in [0.2, 0.25) is 6.54 Å². The zero-order valence-corrected chi connectivity index (χ0v) is 14.5. The maximum atomic E-state index is 11.4. The second-order valence-electron chi connectivity index (χ2n) is 5.14. The quantitative estimate of drug-likeness (QED) is 0.487. The molecule has 0 bridgehead atoms. The summed E-state index contributed by atoms with van der Waals surface area (Å²) in [4.78, 5) is 11.4. The molecule has 2 aromatic heterocycles. The van der Waals surface area contributed by atoms with Crippen LogP contribution in [0.25, 0.3) is 0 Å². The van der Waals surface area contributed by atoms with E-state index in [2.05, 4.69) is 36.7 Å². The summed E-state index contributed by atoms with van der Waals surface area (Å²) in [5.74, 6) is 0.264. The van der Waals surface area contributed by atoms with Crippen LogP contribution in [0, 0.1) is 0 Å². The third-order valence-electron chi connectivity index (χ3n) is 3.46. The van der Waals surface area contributed by atoms with Crippen molar-refractivity contribution in [2.75, 3.05) is 0 Å². The van der Waals surface area contributed by atoms with Gasteiger partial charge in [-0.2, -0.15) is 4.57 Å². The molecule has 0 atom stereocenters. The van der Waals surface area contributed by atoms with E-state index in [1.165, 1.54) is 11.1 Å². The molecule has 3 nitrogen and oxygen atoms in total. The fourth-order valence-corrected chi connectivity index (χ4v) is 2.06. The summed E-state index contributed by atoms with van der Waals surface area (Å²) >= 11 is 0. The molecule has 22 heavy (non-hydrogen) atoms. The van der Waals surface area contributed by atoms with Gasteiger partial charge in [-0.15, -0.1) is 0 Å². The van der Waals surface area contributed by atoms with Crippen molar-refractivity contribution in [2.45, 2.75) is 32.7 Å². The van der Waals surface area contributed by atoms with Gasteiger partial charge in [-0.05, 0) is 24.0 Å². The molecule has 0 spiro atoms. The molecule has 0 saturated carbocycles. The molecule has 0 saturated heterocycles. The van der Waals surface area contributed by atoms with Gasteiger partial charge < -0.3 is 24.8 Å². The maximum Gasteiger partial charge on any atom is 0.206 e. The summed E-state index contributed by atoms with van der Waals surface area (Å²) in [6.45, 7) is 2.38. The van der Waals surface area contributed by atoms with Crippen molar-refractivity contribution in [3.63, 3.8) is 0 Å². The first kappa shape index (κ1) is 20.6. The van der Waals surface area contributed by atoms with Gasteiger partial charge >= 0.3 is 0 Å². The lowest BCUT2D eigenvalue weighted by Crippen LogP contribution is -3.00. The summed E-state index contributed by atoms with van der Waals surface area (Å²) in [5.41, 5.74) is 2.65. The molecule has 2 rings (SSSR count). The molecule has 0 amide bonds. The van der Waals surface area contributed by atoms with E-state index in [0.717, 1.165) is 12.8 Å². The number of Topliss-reactive ketones (excluding diaryl/α,β-unsaturated/α-hetero) is 1. The number of rotatable bonds is 6. The van der Waals surface area contributed by atoms with Gasteiger partial charge in [-0.1, -0.05) is 6.92 Å². The number of hydrogen-bond donors (Lipinski definition) is 0. The molecule has 0 fully saturated rings. The van der Waals surface area contributed by atoms with Crippen LogP contribution in [0.4, 0.5) is 0 Å². The van der Waals surface area contributed by atoms with Crippen LogP contribution in [0.2, 0.25) is 0 Å². The minimum absolute atomic E-state index is 0. The molecule has 0 aliphatic heterocycles. The minimum Gasteiger partial charge on any atom is -1.00 e. The molecule has 0 aliphatic rings. The number of hydrogen-bond acceptors (Lipinski definition) is 1. The maximum absolute atomic E-state index is 11.4. The van der Waals surface area contributed by atoms with Crippen molar-refractivity contribution in [1.82, 2.24) is 0 Å². The lowest BCUT2D eigenvalue weighted by molar-refractivity contribution is -0.684. The van der Waals surface area contributed by atoms with E-state index in [-0.39, 0.29) is 30.6 Å². The summed E-state index contributed by atoms with van der Waals surface area (Å²) < 4.78 is 3.98. The van der Waals surface area contributed by atoms with Crippen molar-refractivity contribution in [2.24, 2.45) is 7.05 Å². The fourth-order valence-electron chi connectivity index (χ4n) is 2.06. The van der Waals surface area contributed by atoms with Crippen LogP contribution in [-0.2, 0) is 31.2 Å². The van der Waals surface area contributed by atoms with Crippen molar-refractivity contribution in [1.29, 1.82) is 0 Å². The van der Waals surface area contributed by atoms with E-state index in [1.54, 1.807) is 0 Å². The third-order valence-corrected chi connectivity index (χ3v) is 3.46. The van der Waals surface area contributed by atoms with Gasteiger partial charge in [-0.3, -0.25) is 4.79 Å². The van der Waals surface area contributed by atoms with Gasteiger partial charge in [0.1, 0.15) is 7.05 Å². The molecule has 120 valence electrons. The Morgan fingerprint density at radius 3 is 1.82 bits per heavy atom. The molecular formula is C17H22Cl2N2O. The highest BCUT2D eigenvalue weighted by molar-refractivity contribution is 5.76. The van der Waals surface area contributed by atoms with Crippen LogP contribution < -0.4 is 33.9 Å². The monoisotopic (exact) mass is 340 g/mol. The minimum atomic E-state index is 0. The van der Waals surface area contributed by atoms with Gasteiger partial charge in [0.05, 0.1) is 0 Å². The second-order valence-corrected chi connectivity index (χ2v) is 5.14. The van der Waals surface area contributed by atoms with Crippen molar-refractivity contribution in [3.05, 3.63) is 60.2 Å². The van der Waals surface area contributed by atoms with E-state index >= 15 is 0 Å². The highest BCUT2D eigenvalue weighted by Crippen LogP contribution is 2.04. The first-order valence-electron chi connectivity index (χ1n) is 7.11. The number of ketones is 1. The van der Waals surface area contributed by atoms with Crippen LogP contribution >= 0.6 is 0 Å². The second kappa shape index (κ2) is 10.3. The predicted molar refractivity (Wildman–Crippen MR) is 77.0 cm³/mol. The molecule has 0 N–H and O–H groups in total. The van der Waals surface area contributed by atoms with Crippen molar-refractivity contribution < 1.29 is 38.7 Å². The highest BCUT2D eigenvalue weighted by Gasteiger charge is 2.07. The van der Waals surface area contributed by atoms with Crippen molar-refractivity contribution in [3.8, 4) is 0 Å². The molecule has 5 heteroatoms. The topological polar surface area (TPSA) is 24.8 Å². The average Bonchev–Trinajstić information content (AvgIpc) is 2.48. The number of aromatic nitrogens is 2. The zero-order valence-electron chi connectivity index (χ0n) is 13.0. The Morgan fingerprint density at radius 2 is 1.36 bits per heavy atom. The summed E-state index contributed by atoms with van der Waals surface area (Å²) in [5, 5.41) is 0. The van der Waals surface area contributed by atoms with Crippen LogP contribution in [0.5, 0.6) is 0 Å². The smallest absolute Gasteiger partial charge is 0.206 e. The highest BCUT2D eigenvalue weighted by atomic mass is 35.5. The zero-order chi connectivity index (χ0) is 14.4. The largest absolute Gasteiger partial charge is 1.00 e. The van der Waals surface area contributed by atoms with E-state index < -0.39 is 0 Å². The number of nitrogens with zero attached hydrogens (tertiary/aromatic N) is 2. The summed E-state index contributed by atoms with van der Waals surface area (Å²) in [6, 6.07) is 8.52. The SMILES string of the molecule is CCC(=O)C[n+]1ccc(CCc2cc[n+](C)cc2)cc1.[Cl-].[Cl-]. The van der Waals surface area contributed by atoms with Crippen LogP contribution in [0.1, 0.15) is 24.5 Å². The molecule has 2 heterocycles. The van der Waals surface area contributed by atoms with Crippen LogP contribution in [0.15, 0.2) is 49.1 Å². The molecule has 2 aromatic rings. The Labute approximate surface area is 144 Å². The molecule has 0 aliphatic carbocycles. The molecule has 0 aromatic carbocycles. The van der Waals surface area contributed by atoms with Crippen LogP contribution in [-0.4, -0.2) is 5.78 Å². The molecule has 0 unspecified atom stereocenters. The van der Waals surface area contributed by atoms with E-state index in [1.807, 2.05) is 35.5 Å². The lowest BCUT2D eigenvalue weighted by Gasteiger charge is -2.01. The van der Waals surface area contributed by atoms with Gasteiger partial charge in [0.25, 0.3) is 0 Å². The van der Waals surface area contributed by atoms with Gasteiger partial charge in [0.15, 0.2) is 30.6 Å². The van der Waals surface area contributed by atoms with Gasteiger partial charge in [0, 0.05) is 30.7 Å². The normalized spacial score (nSPS) is 9.55. The summed E-state index contributed by atoms with van der Waals surface area (Å²) in [6.07, 6.45) is 10.8. The Balaban J connectivity index is 0.00000220. The Hall–Kier alpha value is -1.45. The number of carbonyl (C=O) groups is 1. The Kier molecular flexibility index (Phi) is 9.63. The average molecular weight is 341 g/mol. The number of halogens is 2. The molecular weight excluding hydrogens is 319 g/mol. The van der Waals surface area contributed by atoms with E-state index in [9.17, 15) is 4.79 Å². The number of aryl methyl sites for hydroxylation is 3. The van der Waals surface area contributed by atoms with Crippen molar-refractivity contribution >= 4 is 5.78 Å². The van der Waals surface area contributed by atoms with E-state index in [4.69, 9.17) is 0 Å². The Bertz CT molecular complexity index is 568. The standard InChI is InChI=1S/C17H22N2O.2ClH/c1-3-17(20)14-19-12-8-16(9-13-19)5-4-15-6-10-18(2)11-7-15;;/h6-13H,3-5,14H2,1-2H3;2*1H/q+2;;/p-2. The van der Waals surface area contributed by atoms with Crippen LogP contribution in [0.3, 0.4) is 0 Å². The predicted octanol–water partition coefficient (Wildman–Crippen LogP) is -4.43. The number of pyridine rings is 2. The first-order valence-corrected chi connectivity index (χ1v) is 7.11. The molecule has 0 radical (unpaired) electrons. The first-order chi connectivity index (χ1) is 9.67. The number of carbonyl (C=O) groups excluding carboxylic acids is 1. The third kappa shape index (κ3) is 6.54. The lowest BCUT2D eigenvalue weighted by atomic mass is 10.1. The van der Waals surface area contributed by atoms with E-state index in [0.29, 0.717) is 13.0 Å². The summed E-state index contributed by atoms with van der Waals surface area (Å²) in [7, 11) is 2.03.